The molecule has 1 heteroatoms. The summed E-state index contributed by atoms with van der Waals surface area (Å²) >= 11 is 3.44. The molecule has 0 spiro atoms. The van der Waals surface area contributed by atoms with Crippen LogP contribution in [-0.2, 0) is 0 Å². The summed E-state index contributed by atoms with van der Waals surface area (Å²) in [6, 6.07) is 0. The summed E-state index contributed by atoms with van der Waals surface area (Å²) in [5.74, 6) is 0. The normalized spacial score (nSPS) is 11.0. The zero-order valence-corrected chi connectivity index (χ0v) is 8.33. The molecule has 0 aliphatic carbocycles. The SMILES string of the molecule is C=C/C=C(/Br)C(C)=C(C)C. The van der Waals surface area contributed by atoms with Crippen LogP contribution in [0.1, 0.15) is 20.8 Å². The van der Waals surface area contributed by atoms with E-state index >= 15 is 0 Å². The number of rotatable bonds is 2. The Hall–Kier alpha value is -0.300. The number of allylic oxidation sites excluding steroid dienone is 5. The molecular formula is C9H13Br. The van der Waals surface area contributed by atoms with Gasteiger partial charge in [-0.25, -0.2) is 0 Å². The Morgan fingerprint density at radius 1 is 1.30 bits per heavy atom. The maximum Gasteiger partial charge on any atom is 0.0203 e. The maximum atomic E-state index is 3.61. The quantitative estimate of drug-likeness (QED) is 0.596. The van der Waals surface area contributed by atoms with E-state index in [1.807, 2.05) is 6.08 Å². The smallest absolute Gasteiger partial charge is 0.0203 e. The lowest BCUT2D eigenvalue weighted by molar-refractivity contribution is 1.29. The van der Waals surface area contributed by atoms with Gasteiger partial charge in [-0.1, -0.05) is 34.2 Å². The van der Waals surface area contributed by atoms with Gasteiger partial charge in [0, 0.05) is 4.48 Å². The first-order valence-electron chi connectivity index (χ1n) is 3.22. The minimum atomic E-state index is 1.11. The number of hydrogen-bond acceptors (Lipinski definition) is 0. The highest BCUT2D eigenvalue weighted by molar-refractivity contribution is 9.12. The van der Waals surface area contributed by atoms with Crippen molar-refractivity contribution in [3.8, 4) is 0 Å². The van der Waals surface area contributed by atoms with Crippen molar-refractivity contribution in [2.24, 2.45) is 0 Å². The van der Waals surface area contributed by atoms with Gasteiger partial charge in [0.2, 0.25) is 0 Å². The van der Waals surface area contributed by atoms with E-state index in [0.29, 0.717) is 0 Å². The van der Waals surface area contributed by atoms with Crippen molar-refractivity contribution in [3.63, 3.8) is 0 Å². The molecule has 0 saturated carbocycles. The van der Waals surface area contributed by atoms with E-state index in [4.69, 9.17) is 0 Å². The monoisotopic (exact) mass is 200 g/mol. The summed E-state index contributed by atoms with van der Waals surface area (Å²) in [5, 5.41) is 0. The van der Waals surface area contributed by atoms with Gasteiger partial charge >= 0.3 is 0 Å². The van der Waals surface area contributed by atoms with Gasteiger partial charge < -0.3 is 0 Å². The minimum Gasteiger partial charge on any atom is -0.0990 e. The molecule has 0 unspecified atom stereocenters. The Labute approximate surface area is 71.5 Å². The predicted octanol–water partition coefficient (Wildman–Crippen LogP) is 3.81. The zero-order valence-electron chi connectivity index (χ0n) is 6.74. The molecule has 0 aliphatic heterocycles. The van der Waals surface area contributed by atoms with Crippen LogP contribution in [-0.4, -0.2) is 0 Å². The Morgan fingerprint density at radius 2 is 1.80 bits per heavy atom. The lowest BCUT2D eigenvalue weighted by Crippen LogP contribution is -1.78. The van der Waals surface area contributed by atoms with Gasteiger partial charge in [-0.2, -0.15) is 0 Å². The average molecular weight is 201 g/mol. The molecule has 0 atom stereocenters. The van der Waals surface area contributed by atoms with Gasteiger partial charge in [-0.15, -0.1) is 0 Å². The van der Waals surface area contributed by atoms with Gasteiger partial charge in [0.1, 0.15) is 0 Å². The Bertz CT molecular complexity index is 181. The largest absolute Gasteiger partial charge is 0.0990 e. The second-order valence-electron chi connectivity index (χ2n) is 2.38. The lowest BCUT2D eigenvalue weighted by atomic mass is 10.1. The first-order chi connectivity index (χ1) is 4.59. The summed E-state index contributed by atoms with van der Waals surface area (Å²) < 4.78 is 1.11. The van der Waals surface area contributed by atoms with Crippen LogP contribution in [0.3, 0.4) is 0 Å². The van der Waals surface area contributed by atoms with Crippen LogP contribution in [0.25, 0.3) is 0 Å². The summed E-state index contributed by atoms with van der Waals surface area (Å²) in [4.78, 5) is 0. The highest BCUT2D eigenvalue weighted by Gasteiger charge is 1.93. The van der Waals surface area contributed by atoms with Crippen LogP contribution >= 0.6 is 15.9 Å². The molecule has 0 nitrogen and oxygen atoms in total. The van der Waals surface area contributed by atoms with E-state index in [1.165, 1.54) is 11.1 Å². The van der Waals surface area contributed by atoms with Gasteiger partial charge in [0.15, 0.2) is 0 Å². The van der Waals surface area contributed by atoms with E-state index in [1.54, 1.807) is 6.08 Å². The standard InChI is InChI=1S/C9H13Br/c1-5-6-9(10)8(4)7(2)3/h5-6H,1H2,2-4H3/b9-6+. The molecule has 0 rings (SSSR count). The molecule has 0 N–H and O–H groups in total. The number of halogens is 1. The van der Waals surface area contributed by atoms with Crippen LogP contribution in [0.5, 0.6) is 0 Å². The third kappa shape index (κ3) is 3.02. The van der Waals surface area contributed by atoms with Crippen molar-refractivity contribution in [2.75, 3.05) is 0 Å². The summed E-state index contributed by atoms with van der Waals surface area (Å²) in [6.45, 7) is 9.88. The fourth-order valence-electron chi connectivity index (χ4n) is 0.467. The van der Waals surface area contributed by atoms with Crippen LogP contribution in [0.15, 0.2) is 34.4 Å². The molecule has 0 aliphatic rings. The average Bonchev–Trinajstić information content (AvgIpc) is 1.87. The summed E-state index contributed by atoms with van der Waals surface area (Å²) in [5.41, 5.74) is 2.60. The molecule has 56 valence electrons. The molecule has 0 heterocycles. The first kappa shape index (κ1) is 9.70. The Kier molecular flexibility index (Phi) is 4.37. The third-order valence-corrected chi connectivity index (χ3v) is 2.23. The molecule has 0 amide bonds. The molecular weight excluding hydrogens is 188 g/mol. The Balaban J connectivity index is 4.51. The van der Waals surface area contributed by atoms with E-state index in [9.17, 15) is 0 Å². The summed E-state index contributed by atoms with van der Waals surface area (Å²) in [7, 11) is 0. The molecule has 0 aromatic heterocycles. The highest BCUT2D eigenvalue weighted by atomic mass is 79.9. The van der Waals surface area contributed by atoms with Crippen LogP contribution in [0.4, 0.5) is 0 Å². The van der Waals surface area contributed by atoms with E-state index in [2.05, 4.69) is 43.3 Å². The lowest BCUT2D eigenvalue weighted by Gasteiger charge is -1.99. The molecule has 0 aromatic carbocycles. The first-order valence-corrected chi connectivity index (χ1v) is 4.01. The maximum absolute atomic E-state index is 3.61. The third-order valence-electron chi connectivity index (χ3n) is 1.37. The van der Waals surface area contributed by atoms with Crippen LogP contribution in [0.2, 0.25) is 0 Å². The molecule has 0 aromatic rings. The predicted molar refractivity (Wildman–Crippen MR) is 51.3 cm³/mol. The van der Waals surface area contributed by atoms with Crippen molar-refractivity contribution in [1.82, 2.24) is 0 Å². The van der Waals surface area contributed by atoms with Crippen molar-refractivity contribution in [3.05, 3.63) is 34.4 Å². The minimum absolute atomic E-state index is 1.11. The fraction of sp³-hybridized carbons (Fsp3) is 0.333. The van der Waals surface area contributed by atoms with Crippen molar-refractivity contribution < 1.29 is 0 Å². The molecule has 0 saturated heterocycles. The molecule has 0 bridgehead atoms. The van der Waals surface area contributed by atoms with Crippen LogP contribution in [0, 0.1) is 0 Å². The van der Waals surface area contributed by atoms with Crippen molar-refractivity contribution in [1.29, 1.82) is 0 Å². The molecule has 0 fully saturated rings. The van der Waals surface area contributed by atoms with Gasteiger partial charge in [-0.3, -0.25) is 0 Å². The zero-order chi connectivity index (χ0) is 8.15. The topological polar surface area (TPSA) is 0 Å². The highest BCUT2D eigenvalue weighted by Crippen LogP contribution is 2.19. The van der Waals surface area contributed by atoms with Gasteiger partial charge in [0.25, 0.3) is 0 Å². The second-order valence-corrected chi connectivity index (χ2v) is 3.23. The molecule has 10 heavy (non-hydrogen) atoms. The van der Waals surface area contributed by atoms with E-state index < -0.39 is 0 Å². The van der Waals surface area contributed by atoms with Crippen molar-refractivity contribution in [2.45, 2.75) is 20.8 Å². The van der Waals surface area contributed by atoms with Crippen LogP contribution < -0.4 is 0 Å². The Morgan fingerprint density at radius 3 is 2.10 bits per heavy atom. The number of hydrogen-bond donors (Lipinski definition) is 0. The van der Waals surface area contributed by atoms with Gasteiger partial charge in [-0.05, 0) is 32.4 Å². The second kappa shape index (κ2) is 4.51. The fourth-order valence-corrected chi connectivity index (χ4v) is 1.05. The van der Waals surface area contributed by atoms with E-state index in [0.717, 1.165) is 4.48 Å². The summed E-state index contributed by atoms with van der Waals surface area (Å²) in [6.07, 6.45) is 3.72. The van der Waals surface area contributed by atoms with E-state index in [-0.39, 0.29) is 0 Å². The molecule has 0 radical (unpaired) electrons. The van der Waals surface area contributed by atoms with Gasteiger partial charge in [0.05, 0.1) is 0 Å². The van der Waals surface area contributed by atoms with Crippen molar-refractivity contribution >= 4 is 15.9 Å².